The van der Waals surface area contributed by atoms with Crippen LogP contribution in [0.3, 0.4) is 0 Å². The smallest absolute Gasteiger partial charge is 0.320 e. The third-order valence-electron chi connectivity index (χ3n) is 4.43. The van der Waals surface area contributed by atoms with Crippen LogP contribution >= 0.6 is 0 Å². The molecule has 0 aromatic carbocycles. The number of methoxy groups -OCH3 is 3. The van der Waals surface area contributed by atoms with Crippen molar-refractivity contribution in [3.63, 3.8) is 0 Å². The molecule has 2 heterocycles. The number of esters is 3. The lowest BCUT2D eigenvalue weighted by Crippen LogP contribution is -2.43. The maximum absolute atomic E-state index is 12.4. The van der Waals surface area contributed by atoms with Gasteiger partial charge in [-0.05, 0) is 12.8 Å². The minimum absolute atomic E-state index is 0.361. The Morgan fingerprint density at radius 1 is 1.09 bits per heavy atom. The first-order valence-corrected chi connectivity index (χ1v) is 7.01. The molecule has 2 rings (SSSR count). The summed E-state index contributed by atoms with van der Waals surface area (Å²) in [6.45, 7) is 0.503. The zero-order chi connectivity index (χ0) is 16.4. The highest BCUT2D eigenvalue weighted by atomic mass is 16.5. The molecule has 2 aliphatic heterocycles. The lowest BCUT2D eigenvalue weighted by atomic mass is 9.78. The van der Waals surface area contributed by atoms with E-state index < -0.39 is 41.6 Å². The van der Waals surface area contributed by atoms with Crippen LogP contribution in [0, 0.1) is 17.8 Å². The topological polar surface area (TPSA) is 99.2 Å². The van der Waals surface area contributed by atoms with Gasteiger partial charge in [0.1, 0.15) is 5.92 Å². The molecule has 0 bridgehead atoms. The largest absolute Gasteiger partial charge is 0.468 e. The molecule has 2 saturated heterocycles. The normalized spacial score (nSPS) is 26.8. The molecule has 0 aromatic heterocycles. The molecule has 2 fully saturated rings. The van der Waals surface area contributed by atoms with E-state index in [9.17, 15) is 19.2 Å². The van der Waals surface area contributed by atoms with E-state index in [1.807, 2.05) is 0 Å². The molecule has 0 N–H and O–H groups in total. The molecule has 0 aromatic rings. The van der Waals surface area contributed by atoms with Crippen molar-refractivity contribution in [3.05, 3.63) is 0 Å². The number of fused-ring (bicyclic) bond motifs is 1. The molecule has 122 valence electrons. The van der Waals surface area contributed by atoms with E-state index in [0.717, 1.165) is 20.6 Å². The number of hydrogen-bond acceptors (Lipinski definition) is 7. The Labute approximate surface area is 127 Å². The molecule has 0 radical (unpaired) electrons. The highest BCUT2D eigenvalue weighted by molar-refractivity contribution is 6.03. The Morgan fingerprint density at radius 3 is 2.18 bits per heavy atom. The number of carbonyl (C=O) groups is 4. The highest BCUT2D eigenvalue weighted by Crippen LogP contribution is 2.43. The highest BCUT2D eigenvalue weighted by Gasteiger charge is 2.59. The molecule has 0 aliphatic carbocycles. The van der Waals surface area contributed by atoms with Crippen LogP contribution in [-0.2, 0) is 33.4 Å². The fourth-order valence-electron chi connectivity index (χ4n) is 3.50. The van der Waals surface area contributed by atoms with Gasteiger partial charge in [-0.3, -0.25) is 19.2 Å². The van der Waals surface area contributed by atoms with Crippen LogP contribution in [0.25, 0.3) is 0 Å². The first kappa shape index (κ1) is 16.3. The van der Waals surface area contributed by atoms with E-state index in [2.05, 4.69) is 14.2 Å². The summed E-state index contributed by atoms with van der Waals surface area (Å²) in [6, 6.07) is -0.361. The zero-order valence-electron chi connectivity index (χ0n) is 12.7. The molecule has 8 heteroatoms. The SMILES string of the molecule is COC(=O)C(C(=O)OC)C1[C@H](C(=O)OC)C(=O)N2CCC[C@H]12. The van der Waals surface area contributed by atoms with E-state index >= 15 is 0 Å². The predicted octanol–water partition coefficient (Wildman–Crippen LogP) is -0.641. The van der Waals surface area contributed by atoms with Crippen LogP contribution in [0.1, 0.15) is 12.8 Å². The van der Waals surface area contributed by atoms with Gasteiger partial charge in [0.05, 0.1) is 21.3 Å². The van der Waals surface area contributed by atoms with Gasteiger partial charge in [-0.25, -0.2) is 0 Å². The van der Waals surface area contributed by atoms with Crippen molar-refractivity contribution in [1.29, 1.82) is 0 Å². The molecule has 8 nitrogen and oxygen atoms in total. The van der Waals surface area contributed by atoms with E-state index in [-0.39, 0.29) is 6.04 Å². The van der Waals surface area contributed by atoms with Gasteiger partial charge in [-0.2, -0.15) is 0 Å². The molecule has 3 atom stereocenters. The average molecular weight is 313 g/mol. The molecular weight excluding hydrogens is 294 g/mol. The standard InChI is InChI=1S/C14H19NO7/c1-20-12(17)9-8(7-5-4-6-15(7)11(9)16)10(13(18)21-2)14(19)22-3/h7-10H,4-6H2,1-3H3/t7-,8?,9+/m1/s1. The van der Waals surface area contributed by atoms with Crippen molar-refractivity contribution in [1.82, 2.24) is 4.90 Å². The average Bonchev–Trinajstić information content (AvgIpc) is 3.10. The Kier molecular flexibility index (Phi) is 4.68. The van der Waals surface area contributed by atoms with Gasteiger partial charge in [-0.15, -0.1) is 0 Å². The fraction of sp³-hybridized carbons (Fsp3) is 0.714. The van der Waals surface area contributed by atoms with Crippen molar-refractivity contribution < 1.29 is 33.4 Å². The molecule has 0 saturated carbocycles. The maximum atomic E-state index is 12.4. The number of carbonyl (C=O) groups excluding carboxylic acids is 4. The van der Waals surface area contributed by atoms with Crippen molar-refractivity contribution in [2.24, 2.45) is 17.8 Å². The van der Waals surface area contributed by atoms with Crippen molar-refractivity contribution >= 4 is 23.8 Å². The summed E-state index contributed by atoms with van der Waals surface area (Å²) in [5.41, 5.74) is 0. The Bertz CT molecular complexity index is 487. The minimum Gasteiger partial charge on any atom is -0.468 e. The Hall–Kier alpha value is -2.12. The summed E-state index contributed by atoms with van der Waals surface area (Å²) in [4.78, 5) is 50.1. The second kappa shape index (κ2) is 6.33. The van der Waals surface area contributed by atoms with Gasteiger partial charge < -0.3 is 19.1 Å². The first-order valence-electron chi connectivity index (χ1n) is 7.01. The lowest BCUT2D eigenvalue weighted by Gasteiger charge is -2.26. The van der Waals surface area contributed by atoms with Crippen LogP contribution < -0.4 is 0 Å². The van der Waals surface area contributed by atoms with Gasteiger partial charge >= 0.3 is 17.9 Å². The molecule has 1 unspecified atom stereocenters. The predicted molar refractivity (Wildman–Crippen MR) is 71.3 cm³/mol. The summed E-state index contributed by atoms with van der Waals surface area (Å²) in [5.74, 6) is -6.11. The monoisotopic (exact) mass is 313 g/mol. The van der Waals surface area contributed by atoms with Crippen molar-refractivity contribution in [2.75, 3.05) is 27.9 Å². The number of amides is 1. The van der Waals surface area contributed by atoms with Crippen LogP contribution in [0.4, 0.5) is 0 Å². The number of rotatable bonds is 4. The molecular formula is C14H19NO7. The fourth-order valence-corrected chi connectivity index (χ4v) is 3.50. The third kappa shape index (κ3) is 2.42. The van der Waals surface area contributed by atoms with Crippen LogP contribution in [0.2, 0.25) is 0 Å². The van der Waals surface area contributed by atoms with E-state index in [4.69, 9.17) is 0 Å². The quantitative estimate of drug-likeness (QED) is 0.386. The zero-order valence-corrected chi connectivity index (χ0v) is 12.7. The minimum atomic E-state index is -1.32. The van der Waals surface area contributed by atoms with Gasteiger partial charge in [0.25, 0.3) is 0 Å². The first-order chi connectivity index (χ1) is 10.5. The number of ether oxygens (including phenoxy) is 3. The van der Waals surface area contributed by atoms with E-state index in [1.54, 1.807) is 4.90 Å². The van der Waals surface area contributed by atoms with Crippen LogP contribution in [0.15, 0.2) is 0 Å². The summed E-state index contributed by atoms with van der Waals surface area (Å²) < 4.78 is 14.0. The van der Waals surface area contributed by atoms with Crippen LogP contribution in [-0.4, -0.2) is 62.6 Å². The summed E-state index contributed by atoms with van der Waals surface area (Å²) >= 11 is 0. The van der Waals surface area contributed by atoms with Gasteiger partial charge in [0.15, 0.2) is 5.92 Å². The van der Waals surface area contributed by atoms with Crippen molar-refractivity contribution in [3.8, 4) is 0 Å². The maximum Gasteiger partial charge on any atom is 0.320 e. The second-order valence-electron chi connectivity index (χ2n) is 5.34. The molecule has 22 heavy (non-hydrogen) atoms. The van der Waals surface area contributed by atoms with Crippen molar-refractivity contribution in [2.45, 2.75) is 18.9 Å². The lowest BCUT2D eigenvalue weighted by molar-refractivity contribution is -0.164. The number of hydrogen-bond donors (Lipinski definition) is 0. The Morgan fingerprint density at radius 2 is 1.68 bits per heavy atom. The summed E-state index contributed by atoms with van der Waals surface area (Å²) in [5, 5.41) is 0. The second-order valence-corrected chi connectivity index (χ2v) is 5.34. The summed E-state index contributed by atoms with van der Waals surface area (Å²) in [6.07, 6.45) is 1.38. The van der Waals surface area contributed by atoms with Gasteiger partial charge in [-0.1, -0.05) is 0 Å². The molecule has 1 amide bonds. The van der Waals surface area contributed by atoms with Gasteiger partial charge in [0, 0.05) is 18.5 Å². The number of nitrogens with zero attached hydrogens (tertiary/aromatic N) is 1. The van der Waals surface area contributed by atoms with Crippen LogP contribution in [0.5, 0.6) is 0 Å². The van der Waals surface area contributed by atoms with E-state index in [1.165, 1.54) is 7.11 Å². The van der Waals surface area contributed by atoms with E-state index in [0.29, 0.717) is 13.0 Å². The molecule has 0 spiro atoms. The Balaban J connectivity index is 2.45. The summed E-state index contributed by atoms with van der Waals surface area (Å²) in [7, 11) is 3.46. The third-order valence-corrected chi connectivity index (χ3v) is 4.43. The van der Waals surface area contributed by atoms with Gasteiger partial charge in [0.2, 0.25) is 5.91 Å². The molecule has 2 aliphatic rings.